The average Bonchev–Trinajstić information content (AvgIpc) is 2.79. The predicted octanol–water partition coefficient (Wildman–Crippen LogP) is -0.210. The second-order valence-electron chi connectivity index (χ2n) is 8.60. The maximum Gasteiger partial charge on any atom is 0.366 e. The van der Waals surface area contributed by atoms with Crippen molar-refractivity contribution in [3.63, 3.8) is 0 Å². The molecular formula is C23H35NO13. The highest BCUT2D eigenvalue weighted by Gasteiger charge is 2.59. The Morgan fingerprint density at radius 1 is 0.919 bits per heavy atom. The van der Waals surface area contributed by atoms with Gasteiger partial charge >= 0.3 is 29.8 Å². The number of esters is 5. The van der Waals surface area contributed by atoms with Crippen LogP contribution in [0.4, 0.5) is 0 Å². The van der Waals surface area contributed by atoms with Crippen molar-refractivity contribution in [2.45, 2.75) is 84.2 Å². The molecule has 0 aromatic heterocycles. The van der Waals surface area contributed by atoms with Crippen molar-refractivity contribution in [1.29, 1.82) is 0 Å². The number of hydrogen-bond acceptors (Lipinski definition) is 13. The van der Waals surface area contributed by atoms with Gasteiger partial charge in [-0.15, -0.1) is 0 Å². The van der Waals surface area contributed by atoms with Gasteiger partial charge in [0, 0.05) is 40.7 Å². The normalized spacial score (nSPS) is 24.7. The molecule has 0 aromatic rings. The first-order valence-corrected chi connectivity index (χ1v) is 11.4. The van der Waals surface area contributed by atoms with Crippen LogP contribution < -0.4 is 5.32 Å². The molecule has 1 saturated heterocycles. The second-order valence-corrected chi connectivity index (χ2v) is 8.60. The lowest BCUT2D eigenvalue weighted by molar-refractivity contribution is -0.307. The molecule has 0 aliphatic carbocycles. The lowest BCUT2D eigenvalue weighted by atomic mass is 9.87. The minimum atomic E-state index is -2.18. The standard InChI is InChI=1S/C23H35NO13/c1-11(2)21(29)24-18-16(34-13(4)26)9-23(32-8,22(30)31-7)37-20(18)19(36-15(6)28)17(35-14(5)27)10-33-12(3)25/h11,16-20H,9-10H2,1-8H3,(H,24,29)/t16-,17+,18+,19+,20+,23+/m0/s1. The van der Waals surface area contributed by atoms with Crippen molar-refractivity contribution in [3.05, 3.63) is 0 Å². The fourth-order valence-corrected chi connectivity index (χ4v) is 3.71. The van der Waals surface area contributed by atoms with E-state index in [9.17, 15) is 28.8 Å². The summed E-state index contributed by atoms with van der Waals surface area (Å²) in [7, 11) is 2.20. The largest absolute Gasteiger partial charge is 0.465 e. The SMILES string of the molecule is COC(=O)[C@@]1(OC)C[C@H](OC(C)=O)[C@@H](NC(=O)C(C)C)[C@H]([C@H](OC(C)=O)[C@@H](COC(C)=O)OC(C)=O)O1. The van der Waals surface area contributed by atoms with Gasteiger partial charge in [0.1, 0.15) is 18.8 Å². The first-order valence-electron chi connectivity index (χ1n) is 11.4. The van der Waals surface area contributed by atoms with Crippen molar-refractivity contribution in [2.24, 2.45) is 5.92 Å². The van der Waals surface area contributed by atoms with E-state index in [1.807, 2.05) is 0 Å². The fraction of sp³-hybridized carbons (Fsp3) is 0.739. The molecule has 0 aromatic carbocycles. The third-order valence-electron chi connectivity index (χ3n) is 5.29. The summed E-state index contributed by atoms with van der Waals surface area (Å²) in [6.45, 7) is 6.99. The molecule has 1 rings (SSSR count). The van der Waals surface area contributed by atoms with Crippen LogP contribution >= 0.6 is 0 Å². The van der Waals surface area contributed by atoms with Gasteiger partial charge in [-0.1, -0.05) is 13.8 Å². The van der Waals surface area contributed by atoms with Crippen LogP contribution in [0.2, 0.25) is 0 Å². The van der Waals surface area contributed by atoms with Crippen LogP contribution in [0.3, 0.4) is 0 Å². The van der Waals surface area contributed by atoms with Gasteiger partial charge in [-0.3, -0.25) is 24.0 Å². The van der Waals surface area contributed by atoms with Crippen molar-refractivity contribution in [1.82, 2.24) is 5.32 Å². The molecule has 1 fully saturated rings. The van der Waals surface area contributed by atoms with E-state index in [0.29, 0.717) is 0 Å². The highest BCUT2D eigenvalue weighted by atomic mass is 16.7. The molecule has 1 heterocycles. The smallest absolute Gasteiger partial charge is 0.366 e. The third-order valence-corrected chi connectivity index (χ3v) is 5.29. The van der Waals surface area contributed by atoms with Crippen LogP contribution in [-0.4, -0.2) is 92.8 Å². The third kappa shape index (κ3) is 8.97. The van der Waals surface area contributed by atoms with E-state index in [1.54, 1.807) is 13.8 Å². The molecule has 1 aliphatic heterocycles. The Morgan fingerprint density at radius 2 is 1.51 bits per heavy atom. The summed E-state index contributed by atoms with van der Waals surface area (Å²) in [6.07, 6.45) is -6.26. The zero-order valence-electron chi connectivity index (χ0n) is 22.2. The molecular weight excluding hydrogens is 498 g/mol. The van der Waals surface area contributed by atoms with Gasteiger partial charge in [-0.2, -0.15) is 0 Å². The molecule has 210 valence electrons. The number of methoxy groups -OCH3 is 2. The molecule has 14 heteroatoms. The Morgan fingerprint density at radius 3 is 1.95 bits per heavy atom. The average molecular weight is 534 g/mol. The van der Waals surface area contributed by atoms with Crippen LogP contribution in [0.5, 0.6) is 0 Å². The molecule has 6 atom stereocenters. The molecule has 0 saturated carbocycles. The Bertz CT molecular complexity index is 873. The number of carbonyl (C=O) groups excluding carboxylic acids is 6. The Kier molecular flexibility index (Phi) is 11.9. The van der Waals surface area contributed by atoms with E-state index in [-0.39, 0.29) is 0 Å². The maximum atomic E-state index is 12.8. The Labute approximate surface area is 214 Å². The minimum absolute atomic E-state index is 0.412. The number of rotatable bonds is 11. The monoisotopic (exact) mass is 533 g/mol. The highest BCUT2D eigenvalue weighted by molar-refractivity contribution is 5.80. The maximum absolute atomic E-state index is 12.8. The molecule has 1 aliphatic rings. The van der Waals surface area contributed by atoms with Crippen LogP contribution in [0.25, 0.3) is 0 Å². The quantitative estimate of drug-likeness (QED) is 0.273. The summed E-state index contributed by atoms with van der Waals surface area (Å²) in [5.41, 5.74) is 0. The van der Waals surface area contributed by atoms with Gasteiger partial charge in [0.25, 0.3) is 5.79 Å². The number of hydrogen-bond donors (Lipinski definition) is 1. The lowest BCUT2D eigenvalue weighted by Gasteiger charge is -2.48. The van der Waals surface area contributed by atoms with E-state index in [0.717, 1.165) is 41.9 Å². The van der Waals surface area contributed by atoms with E-state index in [1.165, 1.54) is 0 Å². The number of ether oxygens (including phenoxy) is 7. The lowest BCUT2D eigenvalue weighted by Crippen LogP contribution is -2.69. The number of carbonyl (C=O) groups is 6. The molecule has 0 spiro atoms. The van der Waals surface area contributed by atoms with Crippen molar-refractivity contribution in [2.75, 3.05) is 20.8 Å². The van der Waals surface area contributed by atoms with Crippen molar-refractivity contribution < 1.29 is 61.9 Å². The topological polar surface area (TPSA) is 179 Å². The molecule has 0 bridgehead atoms. The zero-order chi connectivity index (χ0) is 28.5. The van der Waals surface area contributed by atoms with Crippen LogP contribution in [0.15, 0.2) is 0 Å². The van der Waals surface area contributed by atoms with Crippen LogP contribution in [0.1, 0.15) is 48.0 Å². The summed E-state index contributed by atoms with van der Waals surface area (Å²) in [4.78, 5) is 73.0. The van der Waals surface area contributed by atoms with Gasteiger partial charge in [0.05, 0.1) is 19.6 Å². The van der Waals surface area contributed by atoms with Gasteiger partial charge in [-0.25, -0.2) is 4.79 Å². The molecule has 0 radical (unpaired) electrons. The molecule has 1 amide bonds. The van der Waals surface area contributed by atoms with Crippen molar-refractivity contribution in [3.8, 4) is 0 Å². The van der Waals surface area contributed by atoms with Gasteiger partial charge in [-0.05, 0) is 0 Å². The Hall–Kier alpha value is -3.26. The second kappa shape index (κ2) is 13.9. The zero-order valence-corrected chi connectivity index (χ0v) is 22.2. The summed E-state index contributed by atoms with van der Waals surface area (Å²) >= 11 is 0. The van der Waals surface area contributed by atoms with Crippen LogP contribution in [0, 0.1) is 5.92 Å². The summed E-state index contributed by atoms with van der Waals surface area (Å²) in [6, 6.07) is -1.24. The summed E-state index contributed by atoms with van der Waals surface area (Å²) in [5.74, 6) is -7.41. The van der Waals surface area contributed by atoms with Gasteiger partial charge in [0.15, 0.2) is 12.2 Å². The van der Waals surface area contributed by atoms with Gasteiger partial charge in [0.2, 0.25) is 5.91 Å². The number of nitrogens with one attached hydrogen (secondary N) is 1. The first kappa shape index (κ1) is 31.8. The van der Waals surface area contributed by atoms with Crippen molar-refractivity contribution >= 4 is 35.8 Å². The van der Waals surface area contributed by atoms with E-state index < -0.39 is 90.9 Å². The summed E-state index contributed by atoms with van der Waals surface area (Å²) < 4.78 is 37.3. The minimum Gasteiger partial charge on any atom is -0.465 e. The summed E-state index contributed by atoms with van der Waals surface area (Å²) in [5, 5.41) is 2.68. The predicted molar refractivity (Wildman–Crippen MR) is 121 cm³/mol. The molecule has 14 nitrogen and oxygen atoms in total. The van der Waals surface area contributed by atoms with Crippen LogP contribution in [-0.2, 0) is 61.9 Å². The molecule has 37 heavy (non-hydrogen) atoms. The number of amides is 1. The fourth-order valence-electron chi connectivity index (χ4n) is 3.71. The molecule has 1 N–H and O–H groups in total. The van der Waals surface area contributed by atoms with Gasteiger partial charge < -0.3 is 38.5 Å². The van der Waals surface area contributed by atoms with E-state index >= 15 is 0 Å². The molecule has 0 unspecified atom stereocenters. The first-order chi connectivity index (χ1) is 17.2. The van der Waals surface area contributed by atoms with E-state index in [2.05, 4.69) is 5.32 Å². The van der Waals surface area contributed by atoms with E-state index in [4.69, 9.17) is 33.2 Å². The highest BCUT2D eigenvalue weighted by Crippen LogP contribution is 2.36. The Balaban J connectivity index is 3.79.